The highest BCUT2D eigenvalue weighted by Gasteiger charge is 2.35. The Balaban J connectivity index is 2.14. The average Bonchev–Trinajstić information content (AvgIpc) is 2.97. The predicted molar refractivity (Wildman–Crippen MR) is 87.6 cm³/mol. The minimum atomic E-state index is -1.18. The molecule has 0 bridgehead atoms. The molecule has 4 nitrogen and oxygen atoms in total. The van der Waals surface area contributed by atoms with E-state index in [1.54, 1.807) is 17.7 Å². The van der Waals surface area contributed by atoms with Gasteiger partial charge in [-0.1, -0.05) is 59.3 Å². The lowest BCUT2D eigenvalue weighted by Gasteiger charge is -2.31. The number of aromatic nitrogens is 3. The van der Waals surface area contributed by atoms with E-state index in [2.05, 4.69) is 10.3 Å². The molecule has 0 saturated carbocycles. The van der Waals surface area contributed by atoms with Crippen molar-refractivity contribution in [3.63, 3.8) is 0 Å². The number of hydrogen-bond acceptors (Lipinski definition) is 3. The van der Waals surface area contributed by atoms with Crippen LogP contribution in [0.15, 0.2) is 66.2 Å². The third kappa shape index (κ3) is 2.51. The molecule has 3 aromatic rings. The van der Waals surface area contributed by atoms with Gasteiger partial charge in [0.25, 0.3) is 0 Å². The van der Waals surface area contributed by atoms with Crippen molar-refractivity contribution in [3.8, 4) is 0 Å². The molecule has 0 aliphatic heterocycles. The van der Waals surface area contributed by atoms with Gasteiger partial charge in [-0.05, 0) is 30.7 Å². The molecule has 0 radical (unpaired) electrons. The Morgan fingerprint density at radius 2 is 1.82 bits per heavy atom. The predicted octanol–water partition coefficient (Wildman–Crippen LogP) is 3.63. The first-order valence-corrected chi connectivity index (χ1v) is 7.43. The van der Waals surface area contributed by atoms with E-state index < -0.39 is 11.6 Å². The largest absolute Gasteiger partial charge is 0.383 e. The zero-order valence-corrected chi connectivity index (χ0v) is 12.9. The molecule has 0 aliphatic carbocycles. The van der Waals surface area contributed by atoms with Gasteiger partial charge in [0.05, 0.1) is 5.52 Å². The van der Waals surface area contributed by atoms with Gasteiger partial charge < -0.3 is 5.11 Å². The van der Waals surface area contributed by atoms with Crippen LogP contribution in [-0.2, 0) is 5.60 Å². The first-order chi connectivity index (χ1) is 10.6. The Hall–Kier alpha value is -2.17. The van der Waals surface area contributed by atoms with E-state index in [9.17, 15) is 5.11 Å². The fourth-order valence-corrected chi connectivity index (χ4v) is 2.75. The van der Waals surface area contributed by atoms with E-state index in [0.29, 0.717) is 0 Å². The van der Waals surface area contributed by atoms with Gasteiger partial charge in [0, 0.05) is 5.54 Å². The Kier molecular flexibility index (Phi) is 3.96. The molecule has 1 aromatic heterocycles. The highest BCUT2D eigenvalue weighted by atomic mass is 35.5. The first kappa shape index (κ1) is 14.8. The third-order valence-corrected chi connectivity index (χ3v) is 3.98. The molecule has 2 atom stereocenters. The molecule has 0 spiro atoms. The molecule has 3 rings (SSSR count). The SMILES string of the molecule is CC(O)(c1ccccc1)C(/C=C/Cl)n1nnc2ccccc21. The lowest BCUT2D eigenvalue weighted by molar-refractivity contribution is 0.0154. The minimum Gasteiger partial charge on any atom is -0.383 e. The Morgan fingerprint density at radius 1 is 1.14 bits per heavy atom. The van der Waals surface area contributed by atoms with Crippen molar-refractivity contribution in [2.45, 2.75) is 18.6 Å². The number of halogens is 1. The van der Waals surface area contributed by atoms with Crippen LogP contribution in [0.5, 0.6) is 0 Å². The second-order valence-corrected chi connectivity index (χ2v) is 5.55. The topological polar surface area (TPSA) is 50.9 Å². The summed E-state index contributed by atoms with van der Waals surface area (Å²) in [6.07, 6.45) is 1.72. The summed E-state index contributed by atoms with van der Waals surface area (Å²) >= 11 is 5.80. The van der Waals surface area contributed by atoms with E-state index >= 15 is 0 Å². The molecular formula is C17H16ClN3O. The minimum absolute atomic E-state index is 0.472. The normalized spacial score (nSPS) is 16.0. The molecule has 2 aromatic carbocycles. The zero-order chi connectivity index (χ0) is 15.6. The van der Waals surface area contributed by atoms with Crippen molar-refractivity contribution in [1.82, 2.24) is 15.0 Å². The van der Waals surface area contributed by atoms with E-state index in [1.165, 1.54) is 5.54 Å². The third-order valence-electron chi connectivity index (χ3n) is 3.83. The van der Waals surface area contributed by atoms with Crippen molar-refractivity contribution in [3.05, 3.63) is 71.8 Å². The van der Waals surface area contributed by atoms with Crippen LogP contribution >= 0.6 is 11.6 Å². The van der Waals surface area contributed by atoms with E-state index in [-0.39, 0.29) is 0 Å². The number of benzene rings is 2. The van der Waals surface area contributed by atoms with Gasteiger partial charge in [-0.3, -0.25) is 0 Å². The molecule has 0 aliphatic rings. The summed E-state index contributed by atoms with van der Waals surface area (Å²) in [4.78, 5) is 0. The second-order valence-electron chi connectivity index (χ2n) is 5.30. The Morgan fingerprint density at radius 3 is 2.55 bits per heavy atom. The van der Waals surface area contributed by atoms with Gasteiger partial charge in [-0.25, -0.2) is 4.68 Å². The summed E-state index contributed by atoms with van der Waals surface area (Å²) in [6, 6.07) is 16.6. The standard InChI is InChI=1S/C17H16ClN3O/c1-17(22,13-7-3-2-4-8-13)16(11-12-18)21-15-10-6-5-9-14(15)19-20-21/h2-12,16,22H,1H3/b12-11+. The van der Waals surface area contributed by atoms with Crippen molar-refractivity contribution in [1.29, 1.82) is 0 Å². The average molecular weight is 314 g/mol. The van der Waals surface area contributed by atoms with Gasteiger partial charge >= 0.3 is 0 Å². The molecule has 22 heavy (non-hydrogen) atoms. The van der Waals surface area contributed by atoms with Crippen molar-refractivity contribution >= 4 is 22.6 Å². The zero-order valence-electron chi connectivity index (χ0n) is 12.1. The highest BCUT2D eigenvalue weighted by Crippen LogP contribution is 2.35. The van der Waals surface area contributed by atoms with Gasteiger partial charge in [-0.15, -0.1) is 5.10 Å². The maximum absolute atomic E-state index is 11.1. The summed E-state index contributed by atoms with van der Waals surface area (Å²) < 4.78 is 1.70. The van der Waals surface area contributed by atoms with Crippen molar-refractivity contribution in [2.24, 2.45) is 0 Å². The van der Waals surface area contributed by atoms with Crippen molar-refractivity contribution < 1.29 is 5.11 Å². The van der Waals surface area contributed by atoms with Crippen LogP contribution in [0.25, 0.3) is 11.0 Å². The lowest BCUT2D eigenvalue weighted by atomic mass is 9.88. The maximum Gasteiger partial charge on any atom is 0.113 e. The fraction of sp³-hybridized carbons (Fsp3) is 0.176. The van der Waals surface area contributed by atoms with E-state index in [4.69, 9.17) is 11.6 Å². The monoisotopic (exact) mass is 313 g/mol. The molecule has 0 amide bonds. The Bertz CT molecular complexity index is 796. The molecule has 2 unspecified atom stereocenters. The highest BCUT2D eigenvalue weighted by molar-refractivity contribution is 6.25. The van der Waals surface area contributed by atoms with Crippen LogP contribution in [-0.4, -0.2) is 20.1 Å². The molecule has 0 saturated heterocycles. The number of para-hydroxylation sites is 1. The number of fused-ring (bicyclic) bond motifs is 1. The van der Waals surface area contributed by atoms with Crippen LogP contribution in [0.1, 0.15) is 18.5 Å². The van der Waals surface area contributed by atoms with Crippen LogP contribution in [0, 0.1) is 0 Å². The molecule has 1 heterocycles. The van der Waals surface area contributed by atoms with E-state index in [0.717, 1.165) is 16.6 Å². The molecular weight excluding hydrogens is 298 g/mol. The maximum atomic E-state index is 11.1. The number of aliphatic hydroxyl groups is 1. The number of hydrogen-bond donors (Lipinski definition) is 1. The van der Waals surface area contributed by atoms with Crippen molar-refractivity contribution in [2.75, 3.05) is 0 Å². The quantitative estimate of drug-likeness (QED) is 0.800. The first-order valence-electron chi connectivity index (χ1n) is 6.99. The number of nitrogens with zero attached hydrogens (tertiary/aromatic N) is 3. The van der Waals surface area contributed by atoms with Crippen LogP contribution < -0.4 is 0 Å². The molecule has 112 valence electrons. The molecule has 5 heteroatoms. The number of rotatable bonds is 4. The van der Waals surface area contributed by atoms with E-state index in [1.807, 2.05) is 54.6 Å². The summed E-state index contributed by atoms with van der Waals surface area (Å²) in [5.41, 5.74) is 2.63. The van der Waals surface area contributed by atoms with Gasteiger partial charge in [0.1, 0.15) is 17.2 Å². The van der Waals surface area contributed by atoms with Crippen LogP contribution in [0.3, 0.4) is 0 Å². The summed E-state index contributed by atoms with van der Waals surface area (Å²) in [5, 5.41) is 19.5. The lowest BCUT2D eigenvalue weighted by Crippen LogP contribution is -2.33. The van der Waals surface area contributed by atoms with Crippen LogP contribution in [0.4, 0.5) is 0 Å². The smallest absolute Gasteiger partial charge is 0.113 e. The molecule has 1 N–H and O–H groups in total. The van der Waals surface area contributed by atoms with Gasteiger partial charge in [0.2, 0.25) is 0 Å². The summed E-state index contributed by atoms with van der Waals surface area (Å²) in [7, 11) is 0. The Labute approximate surface area is 133 Å². The van der Waals surface area contributed by atoms with Crippen LogP contribution in [0.2, 0.25) is 0 Å². The van der Waals surface area contributed by atoms with Gasteiger partial charge in [0.15, 0.2) is 0 Å². The second kappa shape index (κ2) is 5.91. The summed E-state index contributed by atoms with van der Waals surface area (Å²) in [6.45, 7) is 1.75. The summed E-state index contributed by atoms with van der Waals surface area (Å²) in [5.74, 6) is 0. The fourth-order valence-electron chi connectivity index (χ4n) is 2.61. The molecule has 0 fully saturated rings. The van der Waals surface area contributed by atoms with Gasteiger partial charge in [-0.2, -0.15) is 0 Å².